The van der Waals surface area contributed by atoms with E-state index in [9.17, 15) is 34.8 Å². The van der Waals surface area contributed by atoms with E-state index < -0.39 is 43.9 Å². The highest BCUT2D eigenvalue weighted by molar-refractivity contribution is 8.05. The van der Waals surface area contributed by atoms with Gasteiger partial charge in [-0.1, -0.05) is 6.58 Å². The number of hydrogen-bond acceptors (Lipinski definition) is 6. The summed E-state index contributed by atoms with van der Waals surface area (Å²) in [7, 11) is -10.8. The number of carbonyl (C=O) groups is 1. The Hall–Kier alpha value is -1.14. The van der Waals surface area contributed by atoms with Gasteiger partial charge in [0.15, 0.2) is 0 Å². The second kappa shape index (κ2) is 5.88. The molecule has 0 rings (SSSR count). The summed E-state index contributed by atoms with van der Waals surface area (Å²) in [5.41, 5.74) is -5.80. The lowest BCUT2D eigenvalue weighted by atomic mass is 10.4. The van der Waals surface area contributed by atoms with E-state index in [2.05, 4.69) is 11.3 Å². The van der Waals surface area contributed by atoms with Gasteiger partial charge >= 0.3 is 21.5 Å². The molecule has 0 amide bonds. The van der Waals surface area contributed by atoms with Crippen molar-refractivity contribution in [3.63, 3.8) is 0 Å². The highest BCUT2D eigenvalue weighted by Crippen LogP contribution is 2.22. The number of rotatable bonds is 6. The van der Waals surface area contributed by atoms with Crippen LogP contribution in [0.1, 0.15) is 6.92 Å². The van der Waals surface area contributed by atoms with E-state index in [-0.39, 0.29) is 5.57 Å². The Bertz CT molecular complexity index is 562. The molecule has 0 bridgehead atoms. The van der Waals surface area contributed by atoms with E-state index in [4.69, 9.17) is 0 Å². The van der Waals surface area contributed by atoms with Gasteiger partial charge in [-0.15, -0.1) is 4.13 Å². The van der Waals surface area contributed by atoms with E-state index in [1.54, 1.807) is 0 Å². The molecule has 0 aliphatic rings. The Balaban J connectivity index is 4.61. The van der Waals surface area contributed by atoms with Gasteiger partial charge in [-0.2, -0.15) is 13.2 Å². The van der Waals surface area contributed by atoms with E-state index >= 15 is 0 Å². The number of ether oxygens (including phenoxy) is 1. The molecule has 0 aliphatic heterocycles. The molecule has 1 N–H and O–H groups in total. The third-order valence-corrected chi connectivity index (χ3v) is 4.68. The summed E-state index contributed by atoms with van der Waals surface area (Å²) in [6, 6.07) is 0. The first-order valence-electron chi connectivity index (χ1n) is 4.44. The first-order valence-corrected chi connectivity index (χ1v) is 7.57. The van der Waals surface area contributed by atoms with Crippen LogP contribution in [0.4, 0.5) is 13.2 Å². The van der Waals surface area contributed by atoms with Crippen LogP contribution >= 0.6 is 0 Å². The third kappa shape index (κ3) is 6.02. The minimum Gasteiger partial charge on any atom is -0.461 e. The molecule has 0 heterocycles. The maximum Gasteiger partial charge on any atom is 0.512 e. The number of nitrogens with one attached hydrogen (secondary N) is 1. The van der Waals surface area contributed by atoms with E-state index in [0.29, 0.717) is 4.13 Å². The van der Waals surface area contributed by atoms with Crippen molar-refractivity contribution in [1.82, 2.24) is 4.13 Å². The van der Waals surface area contributed by atoms with Gasteiger partial charge in [0.1, 0.15) is 6.61 Å². The van der Waals surface area contributed by atoms with Crippen LogP contribution in [0, 0.1) is 0 Å². The average Bonchev–Trinajstić information content (AvgIpc) is 2.13. The topological polar surface area (TPSA) is 107 Å². The molecule has 0 aromatic heterocycles. The Morgan fingerprint density at radius 2 is 1.74 bits per heavy atom. The zero-order valence-corrected chi connectivity index (χ0v) is 11.2. The van der Waals surface area contributed by atoms with Gasteiger partial charge in [-0.25, -0.2) is 21.6 Å². The van der Waals surface area contributed by atoms with Crippen molar-refractivity contribution >= 4 is 26.0 Å². The van der Waals surface area contributed by atoms with Crippen LogP contribution < -0.4 is 4.13 Å². The zero-order valence-electron chi connectivity index (χ0n) is 9.52. The Morgan fingerprint density at radius 3 is 2.11 bits per heavy atom. The maximum atomic E-state index is 11.9. The van der Waals surface area contributed by atoms with Crippen molar-refractivity contribution in [3.05, 3.63) is 12.2 Å². The highest BCUT2D eigenvalue weighted by atomic mass is 32.3. The van der Waals surface area contributed by atoms with Crippen molar-refractivity contribution in [2.75, 3.05) is 12.4 Å². The first kappa shape index (κ1) is 17.9. The van der Waals surface area contributed by atoms with Gasteiger partial charge in [-0.05, 0) is 6.92 Å². The Morgan fingerprint density at radius 1 is 1.26 bits per heavy atom. The number of alkyl halides is 3. The molecule has 0 aromatic carbocycles. The van der Waals surface area contributed by atoms with Crippen LogP contribution in [0.3, 0.4) is 0 Å². The second-order valence-electron chi connectivity index (χ2n) is 3.27. The van der Waals surface area contributed by atoms with Crippen molar-refractivity contribution in [2.24, 2.45) is 0 Å². The summed E-state index contributed by atoms with van der Waals surface area (Å²) in [6.45, 7) is 3.63. The molecule has 0 fully saturated rings. The fourth-order valence-electron chi connectivity index (χ4n) is 0.623. The molecule has 0 unspecified atom stereocenters. The summed E-state index contributed by atoms with van der Waals surface area (Å²) < 4.78 is 83.7. The van der Waals surface area contributed by atoms with Gasteiger partial charge in [-0.3, -0.25) is 0 Å². The SMILES string of the molecule is C=C(C)C(=O)OCCS(=O)(=O)NS(=O)(=O)C(F)(F)F. The molecule has 0 aliphatic carbocycles. The molecular formula is C7H10F3NO6S2. The van der Waals surface area contributed by atoms with Gasteiger partial charge in [0.05, 0.1) is 5.75 Å². The molecule has 0 atom stereocenters. The van der Waals surface area contributed by atoms with Crippen molar-refractivity contribution in [2.45, 2.75) is 12.4 Å². The van der Waals surface area contributed by atoms with E-state index in [1.807, 2.05) is 0 Å². The Kier molecular flexibility index (Phi) is 5.53. The van der Waals surface area contributed by atoms with Crippen molar-refractivity contribution < 1.29 is 39.5 Å². The number of halogens is 3. The molecule has 12 heteroatoms. The van der Waals surface area contributed by atoms with Crippen LogP contribution in [0.5, 0.6) is 0 Å². The number of esters is 1. The first-order chi connectivity index (χ1) is 8.28. The van der Waals surface area contributed by atoms with Crippen LogP contribution in [0.25, 0.3) is 0 Å². The molecule has 0 saturated heterocycles. The van der Waals surface area contributed by atoms with Gasteiger partial charge < -0.3 is 4.74 Å². The maximum absolute atomic E-state index is 11.9. The lowest BCUT2D eigenvalue weighted by molar-refractivity contribution is -0.138. The summed E-state index contributed by atoms with van der Waals surface area (Å²) in [4.78, 5) is 10.8. The number of carbonyl (C=O) groups excluding carboxylic acids is 1. The normalized spacial score (nSPS) is 13.1. The lowest BCUT2D eigenvalue weighted by Crippen LogP contribution is -2.41. The third-order valence-electron chi connectivity index (χ3n) is 1.48. The molecular weight excluding hydrogens is 315 g/mol. The fourth-order valence-corrected chi connectivity index (χ4v) is 2.97. The molecule has 0 aromatic rings. The fraction of sp³-hybridized carbons (Fsp3) is 0.571. The number of hydrogen-bond donors (Lipinski definition) is 1. The van der Waals surface area contributed by atoms with Crippen LogP contribution in [-0.2, 0) is 29.6 Å². The zero-order chi connectivity index (χ0) is 15.5. The van der Waals surface area contributed by atoms with Crippen LogP contribution in [-0.4, -0.2) is 40.7 Å². The van der Waals surface area contributed by atoms with Crippen molar-refractivity contribution in [3.8, 4) is 0 Å². The summed E-state index contributed by atoms with van der Waals surface area (Å²) in [5, 5.41) is 0. The molecule has 112 valence electrons. The largest absolute Gasteiger partial charge is 0.512 e. The van der Waals surface area contributed by atoms with Gasteiger partial charge in [0.2, 0.25) is 10.0 Å². The minimum absolute atomic E-state index is 0.0479. The quantitative estimate of drug-likeness (QED) is 0.539. The van der Waals surface area contributed by atoms with E-state index in [1.165, 1.54) is 6.92 Å². The van der Waals surface area contributed by atoms with E-state index in [0.717, 1.165) is 0 Å². The summed E-state index contributed by atoms with van der Waals surface area (Å²) in [5.74, 6) is -2.09. The van der Waals surface area contributed by atoms with Crippen molar-refractivity contribution in [1.29, 1.82) is 0 Å². The minimum atomic E-state index is -6.02. The molecule has 0 radical (unpaired) electrons. The molecule has 19 heavy (non-hydrogen) atoms. The number of sulfonamides is 2. The highest BCUT2D eigenvalue weighted by Gasteiger charge is 2.48. The Labute approximate surface area is 107 Å². The monoisotopic (exact) mass is 325 g/mol. The standard InChI is InChI=1S/C7H10F3NO6S2/c1-5(2)6(12)17-3-4-18(13,14)11-19(15,16)7(8,9)10/h11H,1,3-4H2,2H3. The predicted octanol–water partition coefficient (Wildman–Crippen LogP) is -0.125. The molecule has 0 saturated carbocycles. The summed E-state index contributed by atoms with van der Waals surface area (Å²) >= 11 is 0. The molecule has 0 spiro atoms. The summed E-state index contributed by atoms with van der Waals surface area (Å²) in [6.07, 6.45) is 0. The average molecular weight is 325 g/mol. The molecule has 7 nitrogen and oxygen atoms in total. The van der Waals surface area contributed by atoms with Gasteiger partial charge in [0, 0.05) is 5.57 Å². The lowest BCUT2D eigenvalue weighted by Gasteiger charge is -2.10. The van der Waals surface area contributed by atoms with Gasteiger partial charge in [0.25, 0.3) is 0 Å². The van der Waals surface area contributed by atoms with Crippen LogP contribution in [0.2, 0.25) is 0 Å². The second-order valence-corrected chi connectivity index (χ2v) is 7.04. The predicted molar refractivity (Wildman–Crippen MR) is 57.7 cm³/mol. The smallest absolute Gasteiger partial charge is 0.461 e. The van der Waals surface area contributed by atoms with Crippen LogP contribution in [0.15, 0.2) is 12.2 Å².